The van der Waals surface area contributed by atoms with Crippen LogP contribution >= 0.6 is 35.3 Å². The zero-order chi connectivity index (χ0) is 67.2. The van der Waals surface area contributed by atoms with Gasteiger partial charge in [0.05, 0.1) is 142 Å². The number of halogens is 2. The molecule has 0 saturated carbocycles. The van der Waals surface area contributed by atoms with Crippen LogP contribution in [0, 0.1) is 55.4 Å². The summed E-state index contributed by atoms with van der Waals surface area (Å²) >= 11 is 7.05. The summed E-state index contributed by atoms with van der Waals surface area (Å²) in [7, 11) is 6.86. The van der Waals surface area contributed by atoms with Crippen molar-refractivity contribution in [3.63, 3.8) is 0 Å². The molecule has 0 unspecified atom stereocenters. The molecule has 2 spiro atoms. The molecule has 6 fully saturated rings. The summed E-state index contributed by atoms with van der Waals surface area (Å²) < 4.78 is 3.88. The van der Waals surface area contributed by atoms with Crippen molar-refractivity contribution in [2.24, 2.45) is 0 Å². The highest BCUT2D eigenvalue weighted by Gasteiger charge is 2.37. The lowest BCUT2D eigenvalue weighted by Crippen LogP contribution is -3.00. The molecule has 0 aliphatic carbocycles. The minimum Gasteiger partial charge on any atom is -1.00 e. The van der Waals surface area contributed by atoms with Gasteiger partial charge < -0.3 is 71.9 Å². The molecule has 0 bridgehead atoms. The number of para-hydroxylation sites is 4. The van der Waals surface area contributed by atoms with E-state index in [0.29, 0.717) is 0 Å². The summed E-state index contributed by atoms with van der Waals surface area (Å²) in [6.45, 7) is 42.5. The molecule has 0 N–H and O–H groups in total. The number of hydrogen-bond donors (Lipinski definition) is 0. The Morgan fingerprint density at radius 3 is 0.990 bits per heavy atom. The molecule has 8 nitrogen and oxygen atoms in total. The van der Waals surface area contributed by atoms with Gasteiger partial charge in [-0.3, -0.25) is 0 Å². The van der Waals surface area contributed by atoms with E-state index in [-0.39, 0.29) is 34.0 Å². The van der Waals surface area contributed by atoms with Crippen LogP contribution in [0.1, 0.15) is 76.6 Å². The summed E-state index contributed by atoms with van der Waals surface area (Å²) in [5.41, 5.74) is 16.5. The van der Waals surface area contributed by atoms with Crippen molar-refractivity contribution < 1.29 is 47.4 Å². The number of likely N-dealkylation sites (N-methyl/N-ethyl adjacent to an activating group) is 2. The molecule has 14 heteroatoms. The van der Waals surface area contributed by atoms with Crippen molar-refractivity contribution >= 4 is 69.8 Å². The van der Waals surface area contributed by atoms with E-state index in [0.717, 1.165) is 43.8 Å². The van der Waals surface area contributed by atoms with Crippen LogP contribution in [0.3, 0.4) is 0 Å². The van der Waals surface area contributed by atoms with Gasteiger partial charge in [-0.05, 0) is 171 Å². The van der Waals surface area contributed by atoms with E-state index in [4.69, 9.17) is 0 Å². The van der Waals surface area contributed by atoms with Gasteiger partial charge in [0.25, 0.3) is 0 Å². The highest BCUT2D eigenvalue weighted by atomic mass is 79.9. The molecule has 0 radical (unpaired) electrons. The Hall–Kier alpha value is -4.84. The Kier molecular flexibility index (Phi) is 28.7. The van der Waals surface area contributed by atoms with Gasteiger partial charge in [0.2, 0.25) is 0 Å². The SMILES string of the molecule is Cc1ccc(Sc2ccccc2N2CC[N+](C)(C)CC2)c(C)c1.Cc1ccc(Sc2ccccc2N2CC[N+]3(CCCC3)CC2)c(C)c1.Cc1ccc(Sc2ccccc2N2CC[N+]3(CCCCC3)CC2)c(C)c1.Cc1ccc([SH+]c2ccccc2N2CCN(C)CC2)c(C)c1.[Br-].[Br-]. The smallest absolute Gasteiger partial charge is 0.181 e. The minimum absolute atomic E-state index is 0. The number of anilines is 4. The van der Waals surface area contributed by atoms with Gasteiger partial charge >= 0.3 is 0 Å². The van der Waals surface area contributed by atoms with E-state index in [9.17, 15) is 0 Å². The van der Waals surface area contributed by atoms with Gasteiger partial charge in [0.1, 0.15) is 0 Å². The minimum atomic E-state index is 0. The number of aryl methyl sites for hydroxylation is 8. The molecule has 6 saturated heterocycles. The molecule has 8 aromatic carbocycles. The first kappa shape index (κ1) is 77.3. The Morgan fingerprint density at radius 2 is 0.612 bits per heavy atom. The maximum Gasteiger partial charge on any atom is 0.181 e. The Balaban J connectivity index is 0.000000152. The van der Waals surface area contributed by atoms with Crippen LogP contribution < -0.4 is 53.6 Å². The predicted molar refractivity (Wildman–Crippen MR) is 418 cm³/mol. The van der Waals surface area contributed by atoms with Crippen molar-refractivity contribution in [3.8, 4) is 0 Å². The average Bonchev–Trinajstić information content (AvgIpc) is 1.22. The maximum atomic E-state index is 2.63. The Morgan fingerprint density at radius 1 is 0.296 bits per heavy atom. The number of rotatable bonds is 12. The topological polar surface area (TPSA) is 16.2 Å². The number of thiol groups is 1. The average molecular weight is 1520 g/mol. The van der Waals surface area contributed by atoms with Crippen LogP contribution in [0.5, 0.6) is 0 Å². The standard InChI is InChI=1S/C23H31N2S.C22H29N2S.C20H27N2S.C19H24N2S.2BrH/c1-19-10-11-22(20(2)18-19)26-23-9-5-4-8-21(23)24-12-16-25(17-13-24)14-6-3-7-15-25;1-18-9-10-21(19(2)17-18)25-22-8-4-3-7-20(22)23-11-15-24(16-12-23)13-5-6-14-24;1-16-9-10-19(17(2)15-16)23-20-8-6-5-7-18(20)21-11-13-22(3,4)14-12-21;1-15-8-9-18(16(2)14-15)22-19-7-5-4-6-17(19)21-12-10-20(3)11-13-21;;/h4-5,8-11,18H,3,6-7,12-17H2,1-2H3;3-4,7-10,17H,5-6,11-16H2,1-2H3;5-10,15H,11-14H2,1-4H3;4-9,14H,10-13H2,1-3H3;2*1H/q3*+1;;;/p-1. The molecule has 0 aromatic heterocycles. The Labute approximate surface area is 629 Å². The third-order valence-electron chi connectivity index (χ3n) is 21.2. The van der Waals surface area contributed by atoms with Crippen LogP contribution in [0.2, 0.25) is 0 Å². The van der Waals surface area contributed by atoms with E-state index in [1.807, 2.05) is 35.3 Å². The third kappa shape index (κ3) is 20.9. The number of nitrogens with zero attached hydrogens (tertiary/aromatic N) is 8. The van der Waals surface area contributed by atoms with Crippen molar-refractivity contribution in [2.75, 3.05) is 172 Å². The van der Waals surface area contributed by atoms with Gasteiger partial charge in [-0.25, -0.2) is 0 Å². The molecule has 14 rings (SSSR count). The Bertz CT molecular complexity index is 3830. The lowest BCUT2D eigenvalue weighted by molar-refractivity contribution is -0.932. The first-order valence-corrected chi connectivity index (χ1v) is 39.3. The molecular weight excluding hydrogens is 1410 g/mol. The highest BCUT2D eigenvalue weighted by Crippen LogP contribution is 2.42. The molecule has 6 aliphatic heterocycles. The van der Waals surface area contributed by atoms with E-state index in [2.05, 4.69) is 271 Å². The number of piperazine rings is 4. The second-order valence-electron chi connectivity index (χ2n) is 29.3. The number of piperidine rings is 1. The van der Waals surface area contributed by atoms with Gasteiger partial charge in [0, 0.05) is 85.7 Å². The fourth-order valence-electron chi connectivity index (χ4n) is 15.0. The third-order valence-corrected chi connectivity index (χ3v) is 26.3. The van der Waals surface area contributed by atoms with E-state index in [1.54, 1.807) is 0 Å². The molecule has 98 heavy (non-hydrogen) atoms. The van der Waals surface area contributed by atoms with Gasteiger partial charge in [-0.15, -0.1) is 0 Å². The molecule has 6 aliphatic rings. The van der Waals surface area contributed by atoms with Crippen molar-refractivity contribution in [3.05, 3.63) is 214 Å². The second-order valence-corrected chi connectivity index (χ2v) is 33.7. The lowest BCUT2D eigenvalue weighted by Gasteiger charge is -2.47. The quantitative estimate of drug-likeness (QED) is 0.0675. The fraction of sp³-hybridized carbons (Fsp3) is 0.429. The maximum absolute atomic E-state index is 2.63. The zero-order valence-corrected chi connectivity index (χ0v) is 67.4. The molecule has 6 heterocycles. The van der Waals surface area contributed by atoms with E-state index in [1.165, 1.54) is 251 Å². The van der Waals surface area contributed by atoms with E-state index >= 15 is 0 Å². The lowest BCUT2D eigenvalue weighted by atomic mass is 10.1. The van der Waals surface area contributed by atoms with Crippen LogP contribution in [-0.4, -0.2) is 170 Å². The van der Waals surface area contributed by atoms with Gasteiger partial charge in [-0.1, -0.05) is 155 Å². The van der Waals surface area contributed by atoms with E-state index < -0.39 is 0 Å². The van der Waals surface area contributed by atoms with Crippen LogP contribution in [-0.2, 0) is 11.8 Å². The second kappa shape index (κ2) is 36.3. The number of hydrogen-bond acceptors (Lipinski definition) is 8. The predicted octanol–water partition coefficient (Wildman–Crippen LogP) is 11.8. The van der Waals surface area contributed by atoms with Gasteiger partial charge in [0.15, 0.2) is 9.79 Å². The fourth-order valence-corrected chi connectivity index (χ4v) is 19.3. The molecule has 0 atom stereocenters. The first-order chi connectivity index (χ1) is 46.4. The molecule has 524 valence electrons. The summed E-state index contributed by atoms with van der Waals surface area (Å²) in [5.74, 6) is 0. The number of benzene rings is 8. The normalized spacial score (nSPS) is 17.9. The summed E-state index contributed by atoms with van der Waals surface area (Å²) in [6, 6.07) is 62.7. The molecule has 0 amide bonds. The van der Waals surface area contributed by atoms with Gasteiger partial charge in [-0.2, -0.15) is 0 Å². The van der Waals surface area contributed by atoms with Crippen molar-refractivity contribution in [2.45, 2.75) is 127 Å². The van der Waals surface area contributed by atoms with Crippen LogP contribution in [0.15, 0.2) is 209 Å². The zero-order valence-electron chi connectivity index (χ0n) is 60.8. The van der Waals surface area contributed by atoms with Crippen molar-refractivity contribution in [1.82, 2.24) is 4.90 Å². The summed E-state index contributed by atoms with van der Waals surface area (Å²) in [6.07, 6.45) is 7.16. The van der Waals surface area contributed by atoms with Crippen LogP contribution in [0.4, 0.5) is 22.7 Å². The molecular formula is C84H112Br2N8S4+2. The highest BCUT2D eigenvalue weighted by molar-refractivity contribution is 8.00. The summed E-state index contributed by atoms with van der Waals surface area (Å²) in [5, 5.41) is 0. The van der Waals surface area contributed by atoms with Crippen molar-refractivity contribution in [1.29, 1.82) is 0 Å². The summed E-state index contributed by atoms with van der Waals surface area (Å²) in [4.78, 5) is 23.8. The molecule has 8 aromatic rings. The number of quaternary nitrogens is 3. The first-order valence-electron chi connectivity index (χ1n) is 36.0. The van der Waals surface area contributed by atoms with Crippen LogP contribution in [0.25, 0.3) is 0 Å². The largest absolute Gasteiger partial charge is 1.00 e. The monoisotopic (exact) mass is 1520 g/mol.